The third-order valence-corrected chi connectivity index (χ3v) is 7.30. The fraction of sp³-hybridized carbons (Fsp3) is 0.0645. The lowest BCUT2D eigenvalue weighted by Gasteiger charge is -2.40. The molecule has 6 nitrogen and oxygen atoms in total. The van der Waals surface area contributed by atoms with Crippen molar-refractivity contribution in [1.29, 1.82) is 0 Å². The molecule has 0 saturated carbocycles. The molecule has 1 aromatic heterocycles. The molecule has 4 aromatic carbocycles. The van der Waals surface area contributed by atoms with Gasteiger partial charge in [0.25, 0.3) is 0 Å². The van der Waals surface area contributed by atoms with Crippen molar-refractivity contribution in [3.63, 3.8) is 0 Å². The van der Waals surface area contributed by atoms with Crippen LogP contribution in [0.15, 0.2) is 107 Å². The molecule has 3 heterocycles. The van der Waals surface area contributed by atoms with Crippen molar-refractivity contribution in [2.45, 2.75) is 13.0 Å². The van der Waals surface area contributed by atoms with Crippen LogP contribution in [0, 0.1) is 18.6 Å². The van der Waals surface area contributed by atoms with Crippen LogP contribution in [0.1, 0.15) is 22.9 Å². The van der Waals surface area contributed by atoms with Gasteiger partial charge in [-0.25, -0.2) is 23.4 Å². The third kappa shape index (κ3) is 3.96. The maximum atomic E-state index is 14.1. The highest BCUT2D eigenvalue weighted by atomic mass is 35.5. The lowest BCUT2D eigenvalue weighted by Crippen LogP contribution is -2.46. The minimum Gasteiger partial charge on any atom is -0.337 e. The van der Waals surface area contributed by atoms with Gasteiger partial charge in [-0.3, -0.25) is 0 Å². The van der Waals surface area contributed by atoms with Gasteiger partial charge in [0.2, 0.25) is 0 Å². The van der Waals surface area contributed by atoms with Crippen LogP contribution in [-0.4, -0.2) is 21.5 Å². The Morgan fingerprint density at radius 2 is 1.60 bits per heavy atom. The second kappa shape index (κ2) is 9.43. The van der Waals surface area contributed by atoms with E-state index in [9.17, 15) is 8.78 Å². The molecule has 0 unspecified atom stereocenters. The number of benzene rings is 4. The first-order valence-corrected chi connectivity index (χ1v) is 13.0. The average molecular weight is 551 g/mol. The van der Waals surface area contributed by atoms with E-state index in [0.29, 0.717) is 23.2 Å². The second-order valence-electron chi connectivity index (χ2n) is 9.53. The molecule has 9 heteroatoms. The normalized spacial score (nSPS) is 15.5. The van der Waals surface area contributed by atoms with Gasteiger partial charge in [0.05, 0.1) is 33.8 Å². The summed E-state index contributed by atoms with van der Waals surface area (Å²) in [6, 6.07) is 28.1. The monoisotopic (exact) mass is 550 g/mol. The van der Waals surface area contributed by atoms with Crippen molar-refractivity contribution in [2.24, 2.45) is 9.98 Å². The van der Waals surface area contributed by atoms with Crippen LogP contribution in [0.2, 0.25) is 5.02 Å². The molecule has 1 N–H and O–H groups in total. The van der Waals surface area contributed by atoms with Crippen molar-refractivity contribution in [3.05, 3.63) is 131 Å². The molecule has 5 aromatic rings. The standard InChI is InChI=1S/C31H21ClF2N6/c1-18-27-28(19-11-13-20(33)14-12-19)39-26-10-6-5-9-25(26)36-29(35-21-15-16-24(34)23(32)17-21)31(39)37-30(27)40(38-18)22-7-3-2-4-8-22/h2-17,28H,1H3,(H,35,36)/t28-/m1/s1. The number of amidine groups is 2. The molecule has 0 bridgehead atoms. The Labute approximate surface area is 233 Å². The van der Waals surface area contributed by atoms with Gasteiger partial charge in [0.1, 0.15) is 11.6 Å². The summed E-state index contributed by atoms with van der Waals surface area (Å²) >= 11 is 6.09. The van der Waals surface area contributed by atoms with Crippen LogP contribution >= 0.6 is 11.6 Å². The van der Waals surface area contributed by atoms with Crippen LogP contribution in [-0.2, 0) is 0 Å². The highest BCUT2D eigenvalue weighted by Gasteiger charge is 2.41. The number of para-hydroxylation sites is 3. The number of nitrogens with one attached hydrogen (secondary N) is 1. The second-order valence-corrected chi connectivity index (χ2v) is 9.94. The predicted octanol–water partition coefficient (Wildman–Crippen LogP) is 7.91. The Morgan fingerprint density at radius 1 is 0.850 bits per heavy atom. The van der Waals surface area contributed by atoms with Gasteiger partial charge in [-0.2, -0.15) is 5.10 Å². The molecule has 0 spiro atoms. The summed E-state index contributed by atoms with van der Waals surface area (Å²) < 4.78 is 29.8. The Hall–Kier alpha value is -4.82. The molecular weight excluding hydrogens is 530 g/mol. The molecule has 1 atom stereocenters. The highest BCUT2D eigenvalue weighted by Crippen LogP contribution is 2.48. The first-order valence-electron chi connectivity index (χ1n) is 12.7. The zero-order chi connectivity index (χ0) is 27.4. The summed E-state index contributed by atoms with van der Waals surface area (Å²) in [5, 5.41) is 8.19. The van der Waals surface area contributed by atoms with Gasteiger partial charge in [0.15, 0.2) is 17.5 Å². The number of nitrogens with zero attached hydrogens (tertiary/aromatic N) is 5. The lowest BCUT2D eigenvalue weighted by molar-refractivity contribution is 0.626. The van der Waals surface area contributed by atoms with Gasteiger partial charge in [-0.1, -0.05) is 54.1 Å². The minimum absolute atomic E-state index is 0.00602. The number of fused-ring (bicyclic) bond motifs is 4. The number of aryl methyl sites for hydroxylation is 1. The van der Waals surface area contributed by atoms with E-state index < -0.39 is 5.82 Å². The van der Waals surface area contributed by atoms with E-state index in [0.717, 1.165) is 33.9 Å². The maximum Gasteiger partial charge on any atom is 0.179 e. The summed E-state index contributed by atoms with van der Waals surface area (Å²) in [5.74, 6) is 0.815. The summed E-state index contributed by atoms with van der Waals surface area (Å²) in [4.78, 5) is 12.1. The number of aromatic nitrogens is 2. The van der Waals surface area contributed by atoms with Crippen molar-refractivity contribution in [3.8, 4) is 5.69 Å². The van der Waals surface area contributed by atoms with E-state index in [1.165, 1.54) is 24.3 Å². The summed E-state index contributed by atoms with van der Waals surface area (Å²) in [6.45, 7) is 1.96. The zero-order valence-electron chi connectivity index (χ0n) is 21.2. The van der Waals surface area contributed by atoms with E-state index in [1.807, 2.05) is 66.2 Å². The SMILES string of the molecule is Cc1nn(-c2ccccc2)c2c1[C@@H](c1ccc(F)cc1)N1C(=N2)C(Nc2ccc(F)c(Cl)c2)=Nc2ccccc21. The summed E-state index contributed by atoms with van der Waals surface area (Å²) in [5.41, 5.74) is 5.55. The van der Waals surface area contributed by atoms with Crippen molar-refractivity contribution >= 4 is 46.2 Å². The average Bonchev–Trinajstić information content (AvgIpc) is 3.31. The van der Waals surface area contributed by atoms with Gasteiger partial charge in [-0.15, -0.1) is 0 Å². The van der Waals surface area contributed by atoms with Crippen molar-refractivity contribution in [2.75, 3.05) is 10.2 Å². The molecule has 196 valence electrons. The predicted molar refractivity (Wildman–Crippen MR) is 155 cm³/mol. The first-order chi connectivity index (χ1) is 19.5. The van der Waals surface area contributed by atoms with Crippen molar-refractivity contribution in [1.82, 2.24) is 9.78 Å². The van der Waals surface area contributed by atoms with Crippen LogP contribution in [0.3, 0.4) is 0 Å². The number of aliphatic imine (C=N–C) groups is 2. The molecule has 0 aliphatic carbocycles. The van der Waals surface area contributed by atoms with E-state index in [4.69, 9.17) is 26.7 Å². The van der Waals surface area contributed by atoms with E-state index in [1.54, 1.807) is 18.2 Å². The summed E-state index contributed by atoms with van der Waals surface area (Å²) in [7, 11) is 0. The highest BCUT2D eigenvalue weighted by molar-refractivity contribution is 6.51. The van der Waals surface area contributed by atoms with Gasteiger partial charge in [0, 0.05) is 11.3 Å². The molecule has 7 rings (SSSR count). The molecule has 0 radical (unpaired) electrons. The quantitative estimate of drug-likeness (QED) is 0.248. The van der Waals surface area contributed by atoms with Gasteiger partial charge in [-0.05, 0) is 67.1 Å². The Morgan fingerprint density at radius 3 is 2.38 bits per heavy atom. The number of rotatable bonds is 3. The Bertz CT molecular complexity index is 1830. The van der Waals surface area contributed by atoms with Crippen LogP contribution < -0.4 is 10.2 Å². The van der Waals surface area contributed by atoms with Gasteiger partial charge >= 0.3 is 0 Å². The number of halogens is 3. The van der Waals surface area contributed by atoms with Crippen LogP contribution in [0.5, 0.6) is 0 Å². The fourth-order valence-corrected chi connectivity index (χ4v) is 5.40. The number of hydrogen-bond acceptors (Lipinski definition) is 5. The molecule has 2 aliphatic heterocycles. The molecule has 0 fully saturated rings. The number of anilines is 2. The smallest absolute Gasteiger partial charge is 0.179 e. The van der Waals surface area contributed by atoms with E-state index in [-0.39, 0.29) is 16.9 Å². The molecule has 40 heavy (non-hydrogen) atoms. The lowest BCUT2D eigenvalue weighted by atomic mass is 9.93. The molecule has 0 amide bonds. The molecule has 0 saturated heterocycles. The van der Waals surface area contributed by atoms with Gasteiger partial charge < -0.3 is 10.2 Å². The van der Waals surface area contributed by atoms with Crippen LogP contribution in [0.25, 0.3) is 5.69 Å². The van der Waals surface area contributed by atoms with Crippen molar-refractivity contribution < 1.29 is 8.78 Å². The Kier molecular flexibility index (Phi) is 5.71. The topological polar surface area (TPSA) is 57.8 Å². The minimum atomic E-state index is -0.511. The van der Waals surface area contributed by atoms with E-state index >= 15 is 0 Å². The largest absolute Gasteiger partial charge is 0.337 e. The number of hydrogen-bond donors (Lipinski definition) is 1. The zero-order valence-corrected chi connectivity index (χ0v) is 21.9. The van der Waals surface area contributed by atoms with Crippen LogP contribution in [0.4, 0.5) is 31.7 Å². The third-order valence-electron chi connectivity index (χ3n) is 7.01. The fourth-order valence-electron chi connectivity index (χ4n) is 5.22. The Balaban J connectivity index is 1.49. The maximum absolute atomic E-state index is 14.1. The first kappa shape index (κ1) is 24.2. The summed E-state index contributed by atoms with van der Waals surface area (Å²) in [6.07, 6.45) is 0. The molecular formula is C31H21ClF2N6. The molecule has 2 aliphatic rings. The van der Waals surface area contributed by atoms with E-state index in [2.05, 4.69) is 10.2 Å².